The Labute approximate surface area is 151 Å². The van der Waals surface area contributed by atoms with Gasteiger partial charge in [0.05, 0.1) is 16.8 Å². The molecule has 0 radical (unpaired) electrons. The van der Waals surface area contributed by atoms with E-state index >= 15 is 0 Å². The molecule has 126 valence electrons. The van der Waals surface area contributed by atoms with Crippen LogP contribution in [0.3, 0.4) is 0 Å². The minimum absolute atomic E-state index is 0.109. The molecule has 0 amide bonds. The molecule has 25 heavy (non-hydrogen) atoms. The maximum Gasteiger partial charge on any atom is 0.143 e. The van der Waals surface area contributed by atoms with Crippen LogP contribution in [-0.2, 0) is 10.8 Å². The second-order valence-electron chi connectivity index (χ2n) is 6.66. The first-order valence-corrected chi connectivity index (χ1v) is 9.65. The monoisotopic (exact) mass is 347 g/mol. The molecule has 1 aliphatic rings. The molecule has 1 aliphatic heterocycles. The van der Waals surface area contributed by atoms with Crippen LogP contribution in [0.2, 0.25) is 0 Å². The van der Waals surface area contributed by atoms with Crippen molar-refractivity contribution in [2.75, 3.05) is 4.90 Å². The number of aryl methyl sites for hydroxylation is 1. The Morgan fingerprint density at radius 2 is 1.40 bits per heavy atom. The zero-order valence-corrected chi connectivity index (χ0v) is 15.2. The molecule has 2 nitrogen and oxygen atoms in total. The van der Waals surface area contributed by atoms with Gasteiger partial charge in [-0.05, 0) is 43.7 Å². The zero-order valence-electron chi connectivity index (χ0n) is 14.4. The number of anilines is 1. The van der Waals surface area contributed by atoms with Crippen LogP contribution in [0.4, 0.5) is 5.69 Å². The van der Waals surface area contributed by atoms with Crippen LogP contribution in [0.15, 0.2) is 89.8 Å². The number of hydrogen-bond acceptors (Lipinski definition) is 2. The fourth-order valence-corrected chi connectivity index (χ4v) is 5.19. The Morgan fingerprint density at radius 3 is 2.00 bits per heavy atom. The van der Waals surface area contributed by atoms with E-state index in [2.05, 4.69) is 43.0 Å². The first kappa shape index (κ1) is 16.1. The molecule has 0 spiro atoms. The quantitative estimate of drug-likeness (QED) is 0.613. The Bertz CT molecular complexity index is 845. The van der Waals surface area contributed by atoms with Gasteiger partial charge in [-0.1, -0.05) is 66.2 Å². The van der Waals surface area contributed by atoms with Crippen molar-refractivity contribution in [1.29, 1.82) is 0 Å². The highest BCUT2D eigenvalue weighted by atomic mass is 32.2. The lowest BCUT2D eigenvalue weighted by Gasteiger charge is -2.13. The van der Waals surface area contributed by atoms with Crippen LogP contribution in [0, 0.1) is 6.92 Å². The third kappa shape index (κ3) is 2.69. The highest BCUT2D eigenvalue weighted by molar-refractivity contribution is 7.87. The van der Waals surface area contributed by atoms with Gasteiger partial charge < -0.3 is 4.90 Å². The Morgan fingerprint density at radius 1 is 0.840 bits per heavy atom. The van der Waals surface area contributed by atoms with Gasteiger partial charge in [-0.3, -0.25) is 4.21 Å². The van der Waals surface area contributed by atoms with Crippen molar-refractivity contribution in [3.05, 3.63) is 96.1 Å². The van der Waals surface area contributed by atoms with Gasteiger partial charge >= 0.3 is 0 Å². The maximum absolute atomic E-state index is 13.5. The van der Waals surface area contributed by atoms with Crippen LogP contribution in [0.1, 0.15) is 24.1 Å². The van der Waals surface area contributed by atoms with E-state index in [1.807, 2.05) is 60.7 Å². The van der Waals surface area contributed by atoms with E-state index in [9.17, 15) is 4.21 Å². The van der Waals surface area contributed by atoms with Crippen molar-refractivity contribution in [3.8, 4) is 0 Å². The summed E-state index contributed by atoms with van der Waals surface area (Å²) in [6, 6.07) is 28.8. The molecule has 1 saturated heterocycles. The van der Waals surface area contributed by atoms with E-state index in [0.717, 1.165) is 10.6 Å². The second kappa shape index (κ2) is 6.16. The van der Waals surface area contributed by atoms with E-state index < -0.39 is 15.7 Å². The van der Waals surface area contributed by atoms with Crippen molar-refractivity contribution in [2.45, 2.75) is 29.7 Å². The molecular formula is C22H21NOS. The van der Waals surface area contributed by atoms with Gasteiger partial charge in [0.25, 0.3) is 0 Å². The molecule has 0 aliphatic carbocycles. The van der Waals surface area contributed by atoms with Gasteiger partial charge in [-0.15, -0.1) is 0 Å². The molecule has 1 unspecified atom stereocenters. The van der Waals surface area contributed by atoms with Crippen LogP contribution in [0.25, 0.3) is 0 Å². The lowest BCUT2D eigenvalue weighted by atomic mass is 10.1. The molecular weight excluding hydrogens is 326 g/mol. The highest BCUT2D eigenvalue weighted by Gasteiger charge is 2.64. The topological polar surface area (TPSA) is 20.1 Å². The average molecular weight is 347 g/mol. The van der Waals surface area contributed by atoms with Gasteiger partial charge in [0.15, 0.2) is 0 Å². The number of rotatable bonds is 4. The summed E-state index contributed by atoms with van der Waals surface area (Å²) in [5, 5.41) is 0. The third-order valence-corrected chi connectivity index (χ3v) is 6.81. The van der Waals surface area contributed by atoms with Crippen molar-refractivity contribution >= 4 is 16.5 Å². The number of nitrogens with zero attached hydrogens (tertiary/aromatic N) is 1. The van der Waals surface area contributed by atoms with Crippen LogP contribution in [0.5, 0.6) is 0 Å². The van der Waals surface area contributed by atoms with E-state index in [0.29, 0.717) is 0 Å². The fraction of sp³-hybridized carbons (Fsp3) is 0.182. The lowest BCUT2D eigenvalue weighted by Crippen LogP contribution is -2.21. The van der Waals surface area contributed by atoms with Crippen molar-refractivity contribution < 1.29 is 4.21 Å². The summed E-state index contributed by atoms with van der Waals surface area (Å²) in [4.78, 5) is 2.71. The van der Waals surface area contributed by atoms with Gasteiger partial charge in [-0.2, -0.15) is 0 Å². The minimum Gasteiger partial charge on any atom is -0.342 e. The van der Waals surface area contributed by atoms with Crippen LogP contribution < -0.4 is 4.90 Å². The summed E-state index contributed by atoms with van der Waals surface area (Å²) >= 11 is 0. The number of para-hydroxylation sites is 1. The Balaban J connectivity index is 1.77. The van der Waals surface area contributed by atoms with Gasteiger partial charge in [-0.25, -0.2) is 0 Å². The molecule has 0 N–H and O–H groups in total. The Kier molecular flexibility index (Phi) is 3.97. The third-order valence-electron chi connectivity index (χ3n) is 4.94. The van der Waals surface area contributed by atoms with Crippen molar-refractivity contribution in [2.24, 2.45) is 0 Å². The zero-order chi connectivity index (χ0) is 17.4. The minimum atomic E-state index is -1.13. The summed E-state index contributed by atoms with van der Waals surface area (Å²) in [5.74, 6) is 0. The summed E-state index contributed by atoms with van der Waals surface area (Å²) in [5.41, 5.74) is 3.50. The molecule has 1 fully saturated rings. The molecule has 0 bridgehead atoms. The number of hydrogen-bond donors (Lipinski definition) is 0. The molecule has 1 heterocycles. The smallest absolute Gasteiger partial charge is 0.143 e. The predicted molar refractivity (Wildman–Crippen MR) is 104 cm³/mol. The van der Waals surface area contributed by atoms with Gasteiger partial charge in [0, 0.05) is 10.6 Å². The van der Waals surface area contributed by atoms with Crippen molar-refractivity contribution in [3.63, 3.8) is 0 Å². The van der Waals surface area contributed by atoms with E-state index in [1.54, 1.807) is 0 Å². The largest absolute Gasteiger partial charge is 0.342 e. The highest BCUT2D eigenvalue weighted by Crippen LogP contribution is 2.58. The predicted octanol–water partition coefficient (Wildman–Crippen LogP) is 5.08. The maximum atomic E-state index is 13.5. The lowest BCUT2D eigenvalue weighted by molar-refractivity contribution is 0.670. The molecule has 3 aromatic carbocycles. The summed E-state index contributed by atoms with van der Waals surface area (Å²) in [7, 11) is -1.13. The van der Waals surface area contributed by atoms with E-state index in [4.69, 9.17) is 0 Å². The van der Waals surface area contributed by atoms with E-state index in [1.165, 1.54) is 11.1 Å². The average Bonchev–Trinajstić information content (AvgIpc) is 3.30. The van der Waals surface area contributed by atoms with Gasteiger partial charge in [0.1, 0.15) is 4.87 Å². The standard InChI is InChI=1S/C22H21NOS/c1-17-13-15-20(16-14-17)25(24)22(2)21(18-9-5-3-6-10-18)23(22)19-11-7-4-8-12-19/h3-16,21H,1-2H3/t21-,22-,23?,25?/m1/s1. The van der Waals surface area contributed by atoms with Crippen molar-refractivity contribution in [1.82, 2.24) is 0 Å². The SMILES string of the molecule is Cc1ccc(S(=O)[C@]2(C)[C@@H](c3ccccc3)N2c2ccccc2)cc1. The molecule has 3 aromatic rings. The second-order valence-corrected chi connectivity index (χ2v) is 8.49. The van der Waals surface area contributed by atoms with Crippen LogP contribution in [-0.4, -0.2) is 9.08 Å². The first-order valence-electron chi connectivity index (χ1n) is 8.50. The van der Waals surface area contributed by atoms with E-state index in [-0.39, 0.29) is 6.04 Å². The Hall–Kier alpha value is -2.39. The molecule has 3 atom stereocenters. The normalized spacial score (nSPS) is 23.3. The molecule has 4 rings (SSSR count). The first-order chi connectivity index (χ1) is 12.1. The summed E-state index contributed by atoms with van der Waals surface area (Å²) in [6.07, 6.45) is 0. The van der Waals surface area contributed by atoms with Crippen LogP contribution >= 0.6 is 0 Å². The summed E-state index contributed by atoms with van der Waals surface area (Å²) in [6.45, 7) is 4.15. The van der Waals surface area contributed by atoms with Gasteiger partial charge in [0.2, 0.25) is 0 Å². The molecule has 0 aromatic heterocycles. The summed E-state index contributed by atoms with van der Waals surface area (Å²) < 4.78 is 13.5. The molecule has 3 heteroatoms. The fourth-order valence-electron chi connectivity index (χ4n) is 3.55. The molecule has 0 saturated carbocycles. The number of benzene rings is 3.